The van der Waals surface area contributed by atoms with Crippen molar-refractivity contribution in [2.45, 2.75) is 19.4 Å². The first kappa shape index (κ1) is 18.9. The van der Waals surface area contributed by atoms with E-state index in [4.69, 9.17) is 9.15 Å². The summed E-state index contributed by atoms with van der Waals surface area (Å²) in [5.74, 6) is -1.10. The topological polar surface area (TPSA) is 93.9 Å². The molecule has 7 nitrogen and oxygen atoms in total. The number of benzene rings is 1. The number of hydrogen-bond acceptors (Lipinski definition) is 6. The van der Waals surface area contributed by atoms with Crippen LogP contribution in [0, 0.1) is 6.92 Å². The van der Waals surface area contributed by atoms with Crippen molar-refractivity contribution in [3.05, 3.63) is 34.0 Å². The maximum absolute atomic E-state index is 12.3. The Morgan fingerprint density at radius 2 is 2.12 bits per heavy atom. The number of ether oxygens (including phenoxy) is 1. The third-order valence-corrected chi connectivity index (χ3v) is 6.80. The van der Waals surface area contributed by atoms with E-state index in [9.17, 15) is 18.0 Å². The number of furan rings is 1. The Morgan fingerprint density at radius 3 is 2.77 bits per heavy atom. The Bertz CT molecular complexity index is 981. The van der Waals surface area contributed by atoms with E-state index < -0.39 is 28.3 Å². The number of esters is 1. The van der Waals surface area contributed by atoms with Crippen molar-refractivity contribution in [3.8, 4) is 0 Å². The van der Waals surface area contributed by atoms with Crippen molar-refractivity contribution in [2.24, 2.45) is 0 Å². The van der Waals surface area contributed by atoms with Gasteiger partial charge in [0.2, 0.25) is 5.76 Å². The highest BCUT2D eigenvalue weighted by molar-refractivity contribution is 9.10. The molecule has 2 aromatic rings. The van der Waals surface area contributed by atoms with Gasteiger partial charge in [-0.3, -0.25) is 4.79 Å². The summed E-state index contributed by atoms with van der Waals surface area (Å²) in [6.45, 7) is 1.28. The van der Waals surface area contributed by atoms with Crippen LogP contribution in [0.3, 0.4) is 0 Å². The van der Waals surface area contributed by atoms with Crippen molar-refractivity contribution in [1.82, 2.24) is 4.90 Å². The summed E-state index contributed by atoms with van der Waals surface area (Å²) < 4.78 is 34.5. The van der Waals surface area contributed by atoms with E-state index in [0.717, 1.165) is 9.86 Å². The van der Waals surface area contributed by atoms with E-state index in [0.29, 0.717) is 17.6 Å². The summed E-state index contributed by atoms with van der Waals surface area (Å²) in [4.78, 5) is 25.8. The molecule has 0 spiro atoms. The molecule has 1 aromatic heterocycles. The van der Waals surface area contributed by atoms with Gasteiger partial charge in [0.05, 0.1) is 11.5 Å². The molecule has 0 aliphatic carbocycles. The van der Waals surface area contributed by atoms with Gasteiger partial charge in [-0.15, -0.1) is 0 Å². The lowest BCUT2D eigenvalue weighted by atomic mass is 10.1. The number of aryl methyl sites for hydroxylation is 1. The van der Waals surface area contributed by atoms with E-state index in [1.165, 1.54) is 11.9 Å². The van der Waals surface area contributed by atoms with Crippen molar-refractivity contribution in [1.29, 1.82) is 0 Å². The predicted molar refractivity (Wildman–Crippen MR) is 98.8 cm³/mol. The Kier molecular flexibility index (Phi) is 5.12. The van der Waals surface area contributed by atoms with Crippen LogP contribution in [0.15, 0.2) is 27.1 Å². The Balaban J connectivity index is 1.65. The van der Waals surface area contributed by atoms with E-state index in [1.54, 1.807) is 19.1 Å². The van der Waals surface area contributed by atoms with Gasteiger partial charge < -0.3 is 14.1 Å². The van der Waals surface area contributed by atoms with Crippen LogP contribution in [0.2, 0.25) is 0 Å². The average Bonchev–Trinajstić information content (AvgIpc) is 3.11. The SMILES string of the molecule is Cc1c(C(=O)OCC(=O)N(C)C2CCS(=O)(=O)C2)oc2ccc(Br)cc12. The van der Waals surface area contributed by atoms with Gasteiger partial charge in [-0.1, -0.05) is 15.9 Å². The van der Waals surface area contributed by atoms with Crippen LogP contribution in [0.4, 0.5) is 0 Å². The summed E-state index contributed by atoms with van der Waals surface area (Å²) in [6.07, 6.45) is 0.399. The molecule has 1 saturated heterocycles. The van der Waals surface area contributed by atoms with Crippen molar-refractivity contribution < 1.29 is 27.2 Å². The van der Waals surface area contributed by atoms with Crippen molar-refractivity contribution >= 4 is 48.6 Å². The maximum Gasteiger partial charge on any atom is 0.375 e. The minimum atomic E-state index is -3.09. The molecule has 26 heavy (non-hydrogen) atoms. The quantitative estimate of drug-likeness (QED) is 0.672. The third kappa shape index (κ3) is 3.78. The number of amides is 1. The monoisotopic (exact) mass is 443 g/mol. The molecule has 1 amide bonds. The lowest BCUT2D eigenvalue weighted by molar-refractivity contribution is -0.134. The molecule has 1 aliphatic rings. The molecule has 1 aliphatic heterocycles. The van der Waals surface area contributed by atoms with Gasteiger partial charge in [-0.2, -0.15) is 0 Å². The molecule has 9 heteroatoms. The fourth-order valence-electron chi connectivity index (χ4n) is 2.97. The zero-order valence-corrected chi connectivity index (χ0v) is 16.7. The Hall–Kier alpha value is -1.87. The molecule has 0 N–H and O–H groups in total. The number of hydrogen-bond donors (Lipinski definition) is 0. The second kappa shape index (κ2) is 7.03. The smallest absolute Gasteiger partial charge is 0.375 e. The summed E-state index contributed by atoms with van der Waals surface area (Å²) in [7, 11) is -1.57. The lowest BCUT2D eigenvalue weighted by Crippen LogP contribution is -2.40. The molecule has 1 unspecified atom stereocenters. The number of halogens is 1. The van der Waals surface area contributed by atoms with Crippen LogP contribution in [-0.4, -0.2) is 56.4 Å². The molecule has 0 bridgehead atoms. The zero-order chi connectivity index (χ0) is 19.1. The van der Waals surface area contributed by atoms with Crippen LogP contribution in [0.25, 0.3) is 11.0 Å². The molecule has 3 rings (SSSR count). The predicted octanol–water partition coefficient (Wildman–Crippen LogP) is 2.31. The molecule has 1 fully saturated rings. The maximum atomic E-state index is 12.3. The summed E-state index contributed by atoms with van der Waals surface area (Å²) in [6, 6.07) is 5.00. The van der Waals surface area contributed by atoms with E-state index in [-0.39, 0.29) is 23.3 Å². The van der Waals surface area contributed by atoms with Gasteiger partial charge in [0, 0.05) is 28.5 Å². The highest BCUT2D eigenvalue weighted by Gasteiger charge is 2.33. The minimum Gasteiger partial charge on any atom is -0.450 e. The van der Waals surface area contributed by atoms with E-state index in [2.05, 4.69) is 15.9 Å². The van der Waals surface area contributed by atoms with Crippen molar-refractivity contribution in [3.63, 3.8) is 0 Å². The highest BCUT2D eigenvalue weighted by Crippen LogP contribution is 2.28. The molecule has 1 atom stereocenters. The number of carbonyl (C=O) groups excluding carboxylic acids is 2. The number of carbonyl (C=O) groups is 2. The number of likely N-dealkylation sites (N-methyl/N-ethyl adjacent to an activating group) is 1. The van der Waals surface area contributed by atoms with Gasteiger partial charge in [-0.05, 0) is 31.5 Å². The fourth-order valence-corrected chi connectivity index (χ4v) is 5.10. The Labute approximate surface area is 159 Å². The lowest BCUT2D eigenvalue weighted by Gasteiger charge is -2.23. The third-order valence-electron chi connectivity index (χ3n) is 4.56. The largest absolute Gasteiger partial charge is 0.450 e. The standard InChI is InChI=1S/C17H18BrNO6S/c1-10-13-7-11(18)3-4-14(13)25-16(10)17(21)24-8-15(20)19(2)12-5-6-26(22,23)9-12/h3-4,7,12H,5-6,8-9H2,1-2H3. The normalized spacial score (nSPS) is 18.8. The average molecular weight is 444 g/mol. The number of rotatable bonds is 4. The van der Waals surface area contributed by atoms with Crippen LogP contribution >= 0.6 is 15.9 Å². The van der Waals surface area contributed by atoms with Gasteiger partial charge in [-0.25, -0.2) is 13.2 Å². The second-order valence-corrected chi connectivity index (χ2v) is 9.48. The number of fused-ring (bicyclic) bond motifs is 1. The van der Waals surface area contributed by atoms with Gasteiger partial charge in [0.25, 0.3) is 5.91 Å². The molecule has 2 heterocycles. The second-order valence-electron chi connectivity index (χ2n) is 6.33. The first-order valence-electron chi connectivity index (χ1n) is 8.00. The minimum absolute atomic E-state index is 0.0528. The van der Waals surface area contributed by atoms with Crippen LogP contribution in [0.5, 0.6) is 0 Å². The number of nitrogens with zero attached hydrogens (tertiary/aromatic N) is 1. The fraction of sp³-hybridized carbons (Fsp3) is 0.412. The number of sulfone groups is 1. The summed E-state index contributed by atoms with van der Waals surface area (Å²) in [5, 5.41) is 0.783. The molecular weight excluding hydrogens is 426 g/mol. The van der Waals surface area contributed by atoms with Gasteiger partial charge >= 0.3 is 5.97 Å². The van der Waals surface area contributed by atoms with E-state index >= 15 is 0 Å². The van der Waals surface area contributed by atoms with Crippen LogP contribution < -0.4 is 0 Å². The van der Waals surface area contributed by atoms with Gasteiger partial charge in [0.1, 0.15) is 5.58 Å². The Morgan fingerprint density at radius 1 is 1.38 bits per heavy atom. The molecule has 140 valence electrons. The molecule has 1 aromatic carbocycles. The summed E-state index contributed by atoms with van der Waals surface area (Å²) >= 11 is 3.37. The summed E-state index contributed by atoms with van der Waals surface area (Å²) in [5.41, 5.74) is 1.19. The van der Waals surface area contributed by atoms with Crippen molar-refractivity contribution in [2.75, 3.05) is 25.2 Å². The van der Waals surface area contributed by atoms with Crippen LogP contribution in [-0.2, 0) is 19.4 Å². The molecular formula is C17H18BrNO6S. The highest BCUT2D eigenvalue weighted by atomic mass is 79.9. The van der Waals surface area contributed by atoms with Gasteiger partial charge in [0.15, 0.2) is 16.4 Å². The zero-order valence-electron chi connectivity index (χ0n) is 14.3. The first-order chi connectivity index (χ1) is 12.2. The van der Waals surface area contributed by atoms with Crippen LogP contribution in [0.1, 0.15) is 22.5 Å². The molecule has 0 radical (unpaired) electrons. The molecule has 0 saturated carbocycles. The first-order valence-corrected chi connectivity index (χ1v) is 10.6. The van der Waals surface area contributed by atoms with E-state index in [1.807, 2.05) is 6.07 Å².